The molecule has 0 aliphatic carbocycles. The molecule has 0 bridgehead atoms. The Kier molecular flexibility index (Phi) is 3.15. The molecule has 84 valence electrons. The van der Waals surface area contributed by atoms with Crippen LogP contribution in [0.1, 0.15) is 17.6 Å². The number of alkyl halides is 2. The number of aromatic nitrogens is 1. The van der Waals surface area contributed by atoms with Gasteiger partial charge < -0.3 is 5.11 Å². The van der Waals surface area contributed by atoms with Gasteiger partial charge in [-0.1, -0.05) is 0 Å². The van der Waals surface area contributed by atoms with E-state index < -0.39 is 31.8 Å². The first kappa shape index (κ1) is 12.1. The number of hydrogen-bond acceptors (Lipinski definition) is 4. The van der Waals surface area contributed by atoms with Crippen LogP contribution in [0.25, 0.3) is 0 Å². The van der Waals surface area contributed by atoms with Gasteiger partial charge in [0, 0.05) is 28.0 Å². The molecule has 0 saturated heterocycles. The van der Waals surface area contributed by atoms with E-state index in [0.29, 0.717) is 6.20 Å². The summed E-state index contributed by atoms with van der Waals surface area (Å²) in [5.74, 6) is -0.845. The van der Waals surface area contributed by atoms with Gasteiger partial charge in [0.05, 0.1) is 0 Å². The number of rotatable bonds is 2. The first-order valence-electron chi connectivity index (χ1n) is 3.66. The van der Waals surface area contributed by atoms with Crippen LogP contribution in [0.5, 0.6) is 5.75 Å². The van der Waals surface area contributed by atoms with E-state index in [2.05, 4.69) is 4.98 Å². The van der Waals surface area contributed by atoms with Gasteiger partial charge in [-0.3, -0.25) is 0 Å². The van der Waals surface area contributed by atoms with E-state index >= 15 is 0 Å². The maximum atomic E-state index is 12.3. The normalized spacial score (nSPS) is 12.1. The summed E-state index contributed by atoms with van der Waals surface area (Å²) in [4.78, 5) is 3.18. The van der Waals surface area contributed by atoms with Crippen molar-refractivity contribution in [1.29, 1.82) is 0 Å². The largest absolute Gasteiger partial charge is 0.505 e. The van der Waals surface area contributed by atoms with Crippen LogP contribution < -0.4 is 0 Å². The Morgan fingerprint density at radius 3 is 2.47 bits per heavy atom. The van der Waals surface area contributed by atoms with Crippen LogP contribution in [0.3, 0.4) is 0 Å². The number of halogens is 3. The van der Waals surface area contributed by atoms with Gasteiger partial charge in [0.2, 0.25) is 5.03 Å². The molecule has 1 rings (SSSR count). The van der Waals surface area contributed by atoms with Crippen molar-refractivity contribution in [2.75, 3.05) is 0 Å². The van der Waals surface area contributed by atoms with Gasteiger partial charge in [-0.15, -0.1) is 0 Å². The Balaban J connectivity index is 3.48. The zero-order valence-corrected chi connectivity index (χ0v) is 8.98. The van der Waals surface area contributed by atoms with E-state index in [1.165, 1.54) is 0 Å². The van der Waals surface area contributed by atoms with E-state index in [4.69, 9.17) is 10.7 Å². The summed E-state index contributed by atoms with van der Waals surface area (Å²) in [5, 5.41) is 8.49. The van der Waals surface area contributed by atoms with Gasteiger partial charge in [0.15, 0.2) is 5.75 Å². The zero-order chi connectivity index (χ0) is 11.8. The Morgan fingerprint density at radius 1 is 1.53 bits per heavy atom. The van der Waals surface area contributed by atoms with Gasteiger partial charge in [-0.05, 0) is 6.92 Å². The van der Waals surface area contributed by atoms with Gasteiger partial charge >= 0.3 is 0 Å². The Morgan fingerprint density at radius 2 is 2.07 bits per heavy atom. The Labute approximate surface area is 88.9 Å². The molecule has 0 aliphatic rings. The van der Waals surface area contributed by atoms with Crippen molar-refractivity contribution in [3.63, 3.8) is 0 Å². The van der Waals surface area contributed by atoms with E-state index in [0.717, 1.165) is 6.92 Å². The van der Waals surface area contributed by atoms with Crippen molar-refractivity contribution in [2.45, 2.75) is 18.4 Å². The Hall–Kier alpha value is -0.950. The average molecular weight is 258 g/mol. The predicted octanol–water partition coefficient (Wildman–Crippen LogP) is 1.96. The Bertz CT molecular complexity index is 489. The molecule has 1 aromatic heterocycles. The molecule has 0 saturated carbocycles. The highest BCUT2D eigenvalue weighted by atomic mass is 35.7. The van der Waals surface area contributed by atoms with E-state index in [1.54, 1.807) is 0 Å². The highest BCUT2D eigenvalue weighted by molar-refractivity contribution is 8.13. The minimum absolute atomic E-state index is 0.251. The monoisotopic (exact) mass is 257 g/mol. The summed E-state index contributed by atoms with van der Waals surface area (Å²) < 4.78 is 46.3. The second-order valence-corrected chi connectivity index (χ2v) is 5.21. The lowest BCUT2D eigenvalue weighted by Gasteiger charge is -2.08. The fraction of sp³-hybridized carbons (Fsp3) is 0.286. The van der Waals surface area contributed by atoms with E-state index in [1.807, 2.05) is 0 Å². The van der Waals surface area contributed by atoms with Crippen LogP contribution in [-0.2, 0) is 9.05 Å². The average Bonchev–Trinajstić information content (AvgIpc) is 2.06. The molecule has 1 aromatic rings. The molecule has 0 aromatic carbocycles. The molecule has 0 spiro atoms. The predicted molar refractivity (Wildman–Crippen MR) is 48.6 cm³/mol. The maximum absolute atomic E-state index is 12.3. The topological polar surface area (TPSA) is 67.3 Å². The van der Waals surface area contributed by atoms with Crippen molar-refractivity contribution in [3.05, 3.63) is 17.3 Å². The van der Waals surface area contributed by atoms with Crippen LogP contribution in [-0.4, -0.2) is 18.5 Å². The molecule has 0 fully saturated rings. The van der Waals surface area contributed by atoms with Gasteiger partial charge in [0.25, 0.3) is 15.5 Å². The molecule has 1 N–H and O–H groups in total. The van der Waals surface area contributed by atoms with Crippen LogP contribution in [0.4, 0.5) is 8.78 Å². The van der Waals surface area contributed by atoms with Crippen molar-refractivity contribution < 1.29 is 22.3 Å². The summed E-state index contributed by atoms with van der Waals surface area (Å²) >= 11 is 0. The lowest BCUT2D eigenvalue weighted by atomic mass is 10.1. The molecule has 0 aliphatic heterocycles. The minimum atomic E-state index is -4.23. The van der Waals surface area contributed by atoms with Crippen LogP contribution >= 0.6 is 10.7 Å². The second kappa shape index (κ2) is 3.90. The third-order valence-electron chi connectivity index (χ3n) is 1.78. The minimum Gasteiger partial charge on any atom is -0.505 e. The van der Waals surface area contributed by atoms with E-state index in [9.17, 15) is 22.3 Å². The molecule has 1 heterocycles. The zero-order valence-electron chi connectivity index (χ0n) is 7.41. The second-order valence-electron chi connectivity index (χ2n) is 2.73. The number of nitrogens with zero attached hydrogens (tertiary/aromatic N) is 1. The molecular formula is C7H6ClF2NO3S. The van der Waals surface area contributed by atoms with Crippen molar-refractivity contribution in [1.82, 2.24) is 4.98 Å². The van der Waals surface area contributed by atoms with E-state index in [-0.39, 0.29) is 5.56 Å². The van der Waals surface area contributed by atoms with Crippen molar-refractivity contribution in [3.8, 4) is 5.75 Å². The number of hydrogen-bond donors (Lipinski definition) is 1. The highest BCUT2D eigenvalue weighted by Crippen LogP contribution is 2.32. The molecule has 0 unspecified atom stereocenters. The smallest absolute Gasteiger partial charge is 0.282 e. The third-order valence-corrected chi connectivity index (χ3v) is 2.98. The summed E-state index contributed by atoms with van der Waals surface area (Å²) in [7, 11) is 0.698. The van der Waals surface area contributed by atoms with Crippen molar-refractivity contribution in [2.24, 2.45) is 0 Å². The molecule has 15 heavy (non-hydrogen) atoms. The van der Waals surface area contributed by atoms with Crippen LogP contribution in [0, 0.1) is 6.92 Å². The van der Waals surface area contributed by atoms with Crippen molar-refractivity contribution >= 4 is 19.7 Å². The third kappa shape index (κ3) is 2.35. The summed E-state index contributed by atoms with van der Waals surface area (Å²) in [5.41, 5.74) is -0.782. The lowest BCUT2D eigenvalue weighted by Crippen LogP contribution is -2.00. The standard InChI is InChI=1S/C7H6ClF2NO3S/c1-3-4(6(9)10)2-11-7(5(3)12)15(8,13)14/h2,6,12H,1H3. The summed E-state index contributed by atoms with van der Waals surface area (Å²) in [6.07, 6.45) is -2.16. The molecule has 0 atom stereocenters. The number of aromatic hydroxyl groups is 1. The molecule has 0 radical (unpaired) electrons. The molecule has 0 amide bonds. The molecular weight excluding hydrogens is 252 g/mol. The van der Waals surface area contributed by atoms with Crippen LogP contribution in [0.2, 0.25) is 0 Å². The fourth-order valence-corrected chi connectivity index (χ4v) is 1.88. The summed E-state index contributed by atoms with van der Waals surface area (Å²) in [6, 6.07) is 0. The first-order chi connectivity index (χ1) is 6.75. The molecule has 4 nitrogen and oxygen atoms in total. The molecule has 8 heteroatoms. The number of pyridine rings is 1. The fourth-order valence-electron chi connectivity index (χ4n) is 0.982. The van der Waals surface area contributed by atoms with Gasteiger partial charge in [0.1, 0.15) is 0 Å². The van der Waals surface area contributed by atoms with Gasteiger partial charge in [-0.25, -0.2) is 22.2 Å². The maximum Gasteiger partial charge on any atom is 0.282 e. The highest BCUT2D eigenvalue weighted by Gasteiger charge is 2.23. The quantitative estimate of drug-likeness (QED) is 0.823. The SMILES string of the molecule is Cc1c(C(F)F)cnc(S(=O)(=O)Cl)c1O. The lowest BCUT2D eigenvalue weighted by molar-refractivity contribution is 0.149. The summed E-state index contributed by atoms with van der Waals surface area (Å²) in [6.45, 7) is 1.16. The first-order valence-corrected chi connectivity index (χ1v) is 5.97. The van der Waals surface area contributed by atoms with Crippen LogP contribution in [0.15, 0.2) is 11.2 Å². The van der Waals surface area contributed by atoms with Gasteiger partial charge in [-0.2, -0.15) is 0 Å².